The molecule has 0 aliphatic heterocycles. The number of methoxy groups -OCH3 is 2. The van der Waals surface area contributed by atoms with Gasteiger partial charge in [-0.3, -0.25) is 4.79 Å². The quantitative estimate of drug-likeness (QED) is 0.721. The first-order chi connectivity index (χ1) is 9.86. The maximum absolute atomic E-state index is 10.6. The summed E-state index contributed by atoms with van der Waals surface area (Å²) in [5.74, 6) is 0.515. The summed E-state index contributed by atoms with van der Waals surface area (Å²) in [6.45, 7) is 4.73. The largest absolute Gasteiger partial charge is 0.481 e. The second-order valence-corrected chi connectivity index (χ2v) is 5.51. The Bertz CT molecular complexity index is 455. The Morgan fingerprint density at radius 1 is 1.24 bits per heavy atom. The van der Waals surface area contributed by atoms with Crippen molar-refractivity contribution >= 4 is 11.9 Å². The first-order valence-corrected chi connectivity index (χ1v) is 6.79. The van der Waals surface area contributed by atoms with Crippen LogP contribution in [0.2, 0.25) is 0 Å². The number of aromatic nitrogens is 2. The van der Waals surface area contributed by atoms with Crippen molar-refractivity contribution in [1.82, 2.24) is 9.97 Å². The summed E-state index contributed by atoms with van der Waals surface area (Å²) >= 11 is 0. The molecule has 7 nitrogen and oxygen atoms in total. The summed E-state index contributed by atoms with van der Waals surface area (Å²) in [4.78, 5) is 19.0. The van der Waals surface area contributed by atoms with Crippen molar-refractivity contribution in [3.05, 3.63) is 6.07 Å². The van der Waals surface area contributed by atoms with E-state index < -0.39 is 5.97 Å². The topological polar surface area (TPSA) is 93.6 Å². The summed E-state index contributed by atoms with van der Waals surface area (Å²) in [5, 5.41) is 11.8. The lowest BCUT2D eigenvalue weighted by atomic mass is 9.84. The Labute approximate surface area is 124 Å². The van der Waals surface area contributed by atoms with Crippen LogP contribution in [0.25, 0.3) is 0 Å². The second-order valence-electron chi connectivity index (χ2n) is 5.51. The van der Waals surface area contributed by atoms with Gasteiger partial charge in [0.2, 0.25) is 17.7 Å². The van der Waals surface area contributed by atoms with E-state index in [0.717, 1.165) is 6.42 Å². The number of anilines is 1. The number of carboxylic acid groups (broad SMARTS) is 1. The summed E-state index contributed by atoms with van der Waals surface area (Å²) in [7, 11) is 3.06. The minimum absolute atomic E-state index is 0.0612. The van der Waals surface area contributed by atoms with Crippen molar-refractivity contribution in [1.29, 1.82) is 0 Å². The molecular weight excluding hydrogens is 274 g/mol. The van der Waals surface area contributed by atoms with Gasteiger partial charge in [-0.15, -0.1) is 0 Å². The van der Waals surface area contributed by atoms with Gasteiger partial charge in [-0.05, 0) is 18.3 Å². The molecule has 0 spiro atoms. The zero-order valence-corrected chi connectivity index (χ0v) is 13.0. The molecule has 1 aromatic rings. The van der Waals surface area contributed by atoms with Crippen LogP contribution in [-0.4, -0.2) is 41.8 Å². The number of rotatable bonds is 9. The number of ether oxygens (including phenoxy) is 2. The lowest BCUT2D eigenvalue weighted by Crippen LogP contribution is -2.19. The van der Waals surface area contributed by atoms with Crippen molar-refractivity contribution in [2.75, 3.05) is 26.1 Å². The highest BCUT2D eigenvalue weighted by molar-refractivity contribution is 5.66. The molecule has 0 amide bonds. The van der Waals surface area contributed by atoms with Crippen molar-refractivity contribution in [2.45, 2.75) is 33.1 Å². The molecule has 2 N–H and O–H groups in total. The van der Waals surface area contributed by atoms with Gasteiger partial charge in [-0.1, -0.05) is 13.8 Å². The molecule has 1 aromatic heterocycles. The van der Waals surface area contributed by atoms with Crippen molar-refractivity contribution in [3.63, 3.8) is 0 Å². The summed E-state index contributed by atoms with van der Waals surface area (Å²) in [5.41, 5.74) is -0.0612. The number of nitrogens with zero attached hydrogens (tertiary/aromatic N) is 2. The predicted molar refractivity (Wildman–Crippen MR) is 78.9 cm³/mol. The van der Waals surface area contributed by atoms with Crippen LogP contribution >= 0.6 is 0 Å². The fourth-order valence-electron chi connectivity index (χ4n) is 1.78. The standard InChI is InChI=1S/C14H23N3O4/c1-14(2,6-5-12(18)19)7-8-15-13-16-10(20-3)9-11(17-13)21-4/h9H,5-8H2,1-4H3,(H,18,19)(H,15,16,17). The third-order valence-electron chi connectivity index (χ3n) is 3.20. The lowest BCUT2D eigenvalue weighted by Gasteiger charge is -2.23. The van der Waals surface area contributed by atoms with Crippen molar-refractivity contribution in [3.8, 4) is 11.8 Å². The highest BCUT2D eigenvalue weighted by atomic mass is 16.5. The third-order valence-corrected chi connectivity index (χ3v) is 3.20. The van der Waals surface area contributed by atoms with Gasteiger partial charge in [0.05, 0.1) is 20.3 Å². The van der Waals surface area contributed by atoms with E-state index in [1.807, 2.05) is 13.8 Å². The van der Waals surface area contributed by atoms with E-state index in [1.54, 1.807) is 6.07 Å². The van der Waals surface area contributed by atoms with Gasteiger partial charge in [0.15, 0.2) is 0 Å². The molecule has 1 rings (SSSR count). The van der Waals surface area contributed by atoms with Crippen molar-refractivity contribution in [2.24, 2.45) is 5.41 Å². The van der Waals surface area contributed by atoms with Crippen LogP contribution in [0.1, 0.15) is 33.1 Å². The number of hydrogen-bond donors (Lipinski definition) is 2. The number of nitrogens with one attached hydrogen (secondary N) is 1. The third kappa shape index (κ3) is 6.29. The average Bonchev–Trinajstić information content (AvgIpc) is 2.44. The molecule has 0 unspecified atom stereocenters. The summed E-state index contributed by atoms with van der Waals surface area (Å²) < 4.78 is 10.1. The first kappa shape index (κ1) is 17.0. The molecular formula is C14H23N3O4. The molecule has 0 saturated carbocycles. The van der Waals surface area contributed by atoms with Crippen LogP contribution in [0, 0.1) is 5.41 Å². The molecule has 0 radical (unpaired) electrons. The fraction of sp³-hybridized carbons (Fsp3) is 0.643. The molecule has 21 heavy (non-hydrogen) atoms. The van der Waals surface area contributed by atoms with E-state index in [1.165, 1.54) is 14.2 Å². The zero-order valence-electron chi connectivity index (χ0n) is 13.0. The Morgan fingerprint density at radius 2 is 1.81 bits per heavy atom. The zero-order chi connectivity index (χ0) is 15.9. The number of carbonyl (C=O) groups is 1. The number of carboxylic acids is 1. The van der Waals surface area contributed by atoms with Crippen LogP contribution in [0.3, 0.4) is 0 Å². The van der Waals surface area contributed by atoms with E-state index in [-0.39, 0.29) is 11.8 Å². The van der Waals surface area contributed by atoms with Crippen LogP contribution < -0.4 is 14.8 Å². The van der Waals surface area contributed by atoms with Crippen LogP contribution in [0.5, 0.6) is 11.8 Å². The number of aliphatic carboxylic acids is 1. The highest BCUT2D eigenvalue weighted by Gasteiger charge is 2.19. The van der Waals surface area contributed by atoms with E-state index in [2.05, 4.69) is 15.3 Å². The SMILES string of the molecule is COc1cc(OC)nc(NCCC(C)(C)CCC(=O)O)n1. The smallest absolute Gasteiger partial charge is 0.303 e. The minimum Gasteiger partial charge on any atom is -0.481 e. The number of hydrogen-bond acceptors (Lipinski definition) is 6. The van der Waals surface area contributed by atoms with Crippen LogP contribution in [0.15, 0.2) is 6.07 Å². The van der Waals surface area contributed by atoms with E-state index in [4.69, 9.17) is 14.6 Å². The van der Waals surface area contributed by atoms with Gasteiger partial charge in [-0.25, -0.2) is 0 Å². The molecule has 0 aliphatic rings. The Morgan fingerprint density at radius 3 is 2.29 bits per heavy atom. The highest BCUT2D eigenvalue weighted by Crippen LogP contribution is 2.26. The van der Waals surface area contributed by atoms with Gasteiger partial charge >= 0.3 is 5.97 Å². The normalized spacial score (nSPS) is 11.0. The molecule has 118 valence electrons. The molecule has 0 atom stereocenters. The van der Waals surface area contributed by atoms with E-state index in [0.29, 0.717) is 30.7 Å². The predicted octanol–water partition coefficient (Wildman–Crippen LogP) is 2.19. The van der Waals surface area contributed by atoms with Gasteiger partial charge in [0.25, 0.3) is 0 Å². The Balaban J connectivity index is 2.53. The van der Waals surface area contributed by atoms with E-state index >= 15 is 0 Å². The molecule has 1 heterocycles. The second kappa shape index (κ2) is 7.66. The van der Waals surface area contributed by atoms with Crippen LogP contribution in [0.4, 0.5) is 5.95 Å². The maximum atomic E-state index is 10.6. The van der Waals surface area contributed by atoms with E-state index in [9.17, 15) is 4.79 Å². The molecule has 0 aliphatic carbocycles. The first-order valence-electron chi connectivity index (χ1n) is 6.79. The molecule has 7 heteroatoms. The molecule has 0 aromatic carbocycles. The van der Waals surface area contributed by atoms with Crippen molar-refractivity contribution < 1.29 is 19.4 Å². The van der Waals surface area contributed by atoms with Gasteiger partial charge in [0, 0.05) is 13.0 Å². The molecule has 0 saturated heterocycles. The monoisotopic (exact) mass is 297 g/mol. The average molecular weight is 297 g/mol. The van der Waals surface area contributed by atoms with Gasteiger partial charge < -0.3 is 19.9 Å². The Kier molecular flexibility index (Phi) is 6.20. The summed E-state index contributed by atoms with van der Waals surface area (Å²) in [6, 6.07) is 1.60. The Hall–Kier alpha value is -2.05. The van der Waals surface area contributed by atoms with Crippen LogP contribution in [-0.2, 0) is 4.79 Å². The maximum Gasteiger partial charge on any atom is 0.303 e. The van der Waals surface area contributed by atoms with Gasteiger partial charge in [-0.2, -0.15) is 9.97 Å². The summed E-state index contributed by atoms with van der Waals surface area (Å²) in [6.07, 6.45) is 1.62. The minimum atomic E-state index is -0.767. The molecule has 0 bridgehead atoms. The van der Waals surface area contributed by atoms with Gasteiger partial charge in [0.1, 0.15) is 0 Å². The lowest BCUT2D eigenvalue weighted by molar-refractivity contribution is -0.137. The fourth-order valence-corrected chi connectivity index (χ4v) is 1.78. The molecule has 0 fully saturated rings.